The van der Waals surface area contributed by atoms with Gasteiger partial charge in [0.05, 0.1) is 12.2 Å². The molecule has 0 aromatic carbocycles. The maximum Gasteiger partial charge on any atom is 0.105 e. The topological polar surface area (TPSA) is 49.7 Å². The minimum Gasteiger partial charge on any atom is -0.388 e. The summed E-state index contributed by atoms with van der Waals surface area (Å²) in [5, 5.41) is 19.1. The fraction of sp³-hybridized carbons (Fsp3) is 1.00. The van der Waals surface area contributed by atoms with Crippen LogP contribution in [0.3, 0.4) is 0 Å². The van der Waals surface area contributed by atoms with E-state index in [2.05, 4.69) is 6.92 Å². The van der Waals surface area contributed by atoms with Crippen molar-refractivity contribution in [2.24, 2.45) is 0 Å². The molecule has 0 aromatic heterocycles. The molecular formula is C18H38O3. The Morgan fingerprint density at radius 1 is 0.810 bits per heavy atom. The number of ether oxygens (including phenoxy) is 1. The second-order valence-electron chi connectivity index (χ2n) is 6.78. The van der Waals surface area contributed by atoms with Gasteiger partial charge in [-0.05, 0) is 20.3 Å². The second-order valence-corrected chi connectivity index (χ2v) is 6.78. The Balaban J connectivity index is 3.13. The fourth-order valence-electron chi connectivity index (χ4n) is 2.27. The van der Waals surface area contributed by atoms with Crippen LogP contribution >= 0.6 is 0 Å². The first-order chi connectivity index (χ1) is 9.98. The standard InChI is InChI=1S/C18H38O3/c1-4-5-6-7-8-9-10-11-12-13-14-15-21-16-17(19)18(2,3)20/h17,19-20H,4-16H2,1-3H3. The van der Waals surface area contributed by atoms with Gasteiger partial charge in [-0.3, -0.25) is 0 Å². The van der Waals surface area contributed by atoms with E-state index in [0.29, 0.717) is 6.61 Å². The zero-order valence-corrected chi connectivity index (χ0v) is 14.6. The van der Waals surface area contributed by atoms with E-state index in [1.54, 1.807) is 13.8 Å². The first-order valence-corrected chi connectivity index (χ1v) is 8.96. The molecule has 0 amide bonds. The second kappa shape index (κ2) is 13.5. The lowest BCUT2D eigenvalue weighted by Gasteiger charge is -2.24. The van der Waals surface area contributed by atoms with Gasteiger partial charge in [0.2, 0.25) is 0 Å². The van der Waals surface area contributed by atoms with E-state index in [1.807, 2.05) is 0 Å². The molecule has 0 bridgehead atoms. The number of aliphatic hydroxyl groups is 2. The maximum atomic E-state index is 9.59. The molecule has 0 rings (SSSR count). The summed E-state index contributed by atoms with van der Waals surface area (Å²) in [6.45, 7) is 6.37. The van der Waals surface area contributed by atoms with Crippen LogP contribution in [0.1, 0.15) is 91.4 Å². The van der Waals surface area contributed by atoms with E-state index in [1.165, 1.54) is 64.2 Å². The first-order valence-electron chi connectivity index (χ1n) is 8.96. The van der Waals surface area contributed by atoms with Gasteiger partial charge in [0.1, 0.15) is 6.10 Å². The van der Waals surface area contributed by atoms with E-state index >= 15 is 0 Å². The molecule has 0 saturated carbocycles. The minimum absolute atomic E-state index is 0.223. The molecule has 0 saturated heterocycles. The molecule has 0 aliphatic carbocycles. The van der Waals surface area contributed by atoms with Gasteiger partial charge in [0, 0.05) is 6.61 Å². The number of rotatable bonds is 15. The predicted molar refractivity (Wildman–Crippen MR) is 89.6 cm³/mol. The number of hydrogen-bond donors (Lipinski definition) is 2. The fourth-order valence-corrected chi connectivity index (χ4v) is 2.27. The highest BCUT2D eigenvalue weighted by atomic mass is 16.5. The van der Waals surface area contributed by atoms with Crippen LogP contribution in [-0.4, -0.2) is 35.1 Å². The predicted octanol–water partition coefficient (Wildman–Crippen LogP) is 4.45. The third-order valence-electron chi connectivity index (χ3n) is 3.98. The van der Waals surface area contributed by atoms with Crippen molar-refractivity contribution >= 4 is 0 Å². The summed E-state index contributed by atoms with van der Waals surface area (Å²) < 4.78 is 5.39. The quantitative estimate of drug-likeness (QED) is 0.439. The van der Waals surface area contributed by atoms with Crippen LogP contribution in [0.25, 0.3) is 0 Å². The lowest BCUT2D eigenvalue weighted by atomic mass is 10.0. The largest absolute Gasteiger partial charge is 0.388 e. The van der Waals surface area contributed by atoms with Crippen molar-refractivity contribution in [1.29, 1.82) is 0 Å². The Morgan fingerprint density at radius 2 is 1.24 bits per heavy atom. The van der Waals surface area contributed by atoms with Crippen LogP contribution in [0.4, 0.5) is 0 Å². The van der Waals surface area contributed by atoms with E-state index in [9.17, 15) is 10.2 Å². The van der Waals surface area contributed by atoms with Crippen molar-refractivity contribution in [3.63, 3.8) is 0 Å². The molecular weight excluding hydrogens is 264 g/mol. The molecule has 0 fully saturated rings. The molecule has 0 radical (unpaired) electrons. The first kappa shape index (κ1) is 20.9. The van der Waals surface area contributed by atoms with Crippen LogP contribution in [0.15, 0.2) is 0 Å². The van der Waals surface area contributed by atoms with Crippen molar-refractivity contribution < 1.29 is 14.9 Å². The van der Waals surface area contributed by atoms with Gasteiger partial charge >= 0.3 is 0 Å². The molecule has 1 atom stereocenters. The van der Waals surface area contributed by atoms with E-state index in [-0.39, 0.29) is 6.61 Å². The molecule has 0 aliphatic heterocycles. The van der Waals surface area contributed by atoms with Crippen LogP contribution in [0.5, 0.6) is 0 Å². The minimum atomic E-state index is -1.07. The number of aliphatic hydroxyl groups excluding tert-OH is 1. The molecule has 2 N–H and O–H groups in total. The lowest BCUT2D eigenvalue weighted by Crippen LogP contribution is -2.39. The van der Waals surface area contributed by atoms with Crippen molar-refractivity contribution in [3.8, 4) is 0 Å². The van der Waals surface area contributed by atoms with E-state index in [0.717, 1.165) is 6.42 Å². The van der Waals surface area contributed by atoms with Gasteiger partial charge in [0.25, 0.3) is 0 Å². The Bertz CT molecular complexity index is 211. The molecule has 3 heteroatoms. The van der Waals surface area contributed by atoms with Crippen LogP contribution in [-0.2, 0) is 4.74 Å². The third-order valence-corrected chi connectivity index (χ3v) is 3.98. The molecule has 128 valence electrons. The summed E-state index contributed by atoms with van der Waals surface area (Å²) in [5.74, 6) is 0. The number of hydrogen-bond acceptors (Lipinski definition) is 3. The van der Waals surface area contributed by atoms with Gasteiger partial charge in [-0.2, -0.15) is 0 Å². The Hall–Kier alpha value is -0.120. The molecule has 0 aliphatic rings. The van der Waals surface area contributed by atoms with Crippen LogP contribution < -0.4 is 0 Å². The summed E-state index contributed by atoms with van der Waals surface area (Å²) in [5.41, 5.74) is -1.07. The van der Waals surface area contributed by atoms with Crippen molar-refractivity contribution in [2.75, 3.05) is 13.2 Å². The lowest BCUT2D eigenvalue weighted by molar-refractivity contribution is -0.0859. The van der Waals surface area contributed by atoms with Gasteiger partial charge in [0.15, 0.2) is 0 Å². The average molecular weight is 302 g/mol. The van der Waals surface area contributed by atoms with E-state index in [4.69, 9.17) is 4.74 Å². The van der Waals surface area contributed by atoms with Crippen molar-refractivity contribution in [1.82, 2.24) is 0 Å². The molecule has 1 unspecified atom stereocenters. The Labute approximate surface area is 132 Å². The average Bonchev–Trinajstić information content (AvgIpc) is 2.42. The van der Waals surface area contributed by atoms with Crippen molar-refractivity contribution in [2.45, 2.75) is 103 Å². The summed E-state index contributed by atoms with van der Waals surface area (Å²) in [7, 11) is 0. The van der Waals surface area contributed by atoms with Crippen molar-refractivity contribution in [3.05, 3.63) is 0 Å². The summed E-state index contributed by atoms with van der Waals surface area (Å²) in [6.07, 6.45) is 13.8. The molecule has 0 aromatic rings. The zero-order valence-electron chi connectivity index (χ0n) is 14.6. The van der Waals surface area contributed by atoms with Gasteiger partial charge in [-0.15, -0.1) is 0 Å². The molecule has 3 nitrogen and oxygen atoms in total. The highest BCUT2D eigenvalue weighted by Crippen LogP contribution is 2.12. The van der Waals surface area contributed by atoms with Gasteiger partial charge < -0.3 is 14.9 Å². The summed E-state index contributed by atoms with van der Waals surface area (Å²) >= 11 is 0. The SMILES string of the molecule is CCCCCCCCCCCCCOCC(O)C(C)(C)O. The smallest absolute Gasteiger partial charge is 0.105 e. The molecule has 0 heterocycles. The highest BCUT2D eigenvalue weighted by Gasteiger charge is 2.24. The Morgan fingerprint density at radius 3 is 1.67 bits per heavy atom. The summed E-state index contributed by atoms with van der Waals surface area (Å²) in [6, 6.07) is 0. The summed E-state index contributed by atoms with van der Waals surface area (Å²) in [4.78, 5) is 0. The van der Waals surface area contributed by atoms with Gasteiger partial charge in [-0.25, -0.2) is 0 Å². The third kappa shape index (κ3) is 14.6. The maximum absolute atomic E-state index is 9.59. The monoisotopic (exact) mass is 302 g/mol. The van der Waals surface area contributed by atoms with Gasteiger partial charge in [-0.1, -0.05) is 71.1 Å². The van der Waals surface area contributed by atoms with E-state index < -0.39 is 11.7 Å². The van der Waals surface area contributed by atoms with Crippen LogP contribution in [0.2, 0.25) is 0 Å². The normalized spacial score (nSPS) is 13.6. The number of unbranched alkanes of at least 4 members (excludes halogenated alkanes) is 10. The molecule has 0 spiro atoms. The van der Waals surface area contributed by atoms with Crippen LogP contribution in [0, 0.1) is 0 Å². The zero-order chi connectivity index (χ0) is 16.0. The highest BCUT2D eigenvalue weighted by molar-refractivity contribution is 4.75. The molecule has 21 heavy (non-hydrogen) atoms. The Kier molecular flexibility index (Phi) is 13.5.